The van der Waals surface area contributed by atoms with Gasteiger partial charge in [0.05, 0.1) is 23.7 Å². The maximum Gasteiger partial charge on any atom is 0.416 e. The van der Waals surface area contributed by atoms with Crippen LogP contribution in [-0.4, -0.2) is 69.4 Å². The van der Waals surface area contributed by atoms with Crippen molar-refractivity contribution in [2.45, 2.75) is 11.1 Å². The van der Waals surface area contributed by atoms with Gasteiger partial charge in [-0.15, -0.1) is 5.10 Å². The van der Waals surface area contributed by atoms with Gasteiger partial charge in [0.15, 0.2) is 0 Å². The molecule has 0 radical (unpaired) electrons. The second-order valence-electron chi connectivity index (χ2n) is 7.36. The molecule has 3 rings (SSSR count). The van der Waals surface area contributed by atoms with E-state index in [1.807, 2.05) is 0 Å². The molecular formula is C22H23F3N4O6S. The van der Waals surface area contributed by atoms with Crippen molar-refractivity contribution in [3.8, 4) is 11.5 Å². The van der Waals surface area contributed by atoms with Crippen molar-refractivity contribution >= 4 is 21.9 Å². The van der Waals surface area contributed by atoms with Gasteiger partial charge in [-0.2, -0.15) is 17.5 Å². The number of hydrogen-bond acceptors (Lipinski definition) is 8. The summed E-state index contributed by atoms with van der Waals surface area (Å²) >= 11 is 0. The Balaban J connectivity index is 1.69. The lowest BCUT2D eigenvalue weighted by atomic mass is 10.1. The smallest absolute Gasteiger partial charge is 0.403 e. The highest BCUT2D eigenvalue weighted by Gasteiger charge is 2.30. The second-order valence-corrected chi connectivity index (χ2v) is 9.29. The maximum atomic E-state index is 12.9. The summed E-state index contributed by atoms with van der Waals surface area (Å²) in [6.45, 7) is 0.649. The largest absolute Gasteiger partial charge is 0.416 e. The van der Waals surface area contributed by atoms with Crippen LogP contribution in [0.1, 0.15) is 15.9 Å². The Hall–Kier alpha value is -3.33. The number of aromatic nitrogens is 2. The molecule has 0 unspecified atom stereocenters. The highest BCUT2D eigenvalue weighted by molar-refractivity contribution is 7.89. The first kappa shape index (κ1) is 27.3. The minimum Gasteiger partial charge on any atom is -0.403 e. The first-order valence-electron chi connectivity index (χ1n) is 10.5. The standard InChI is InChI=1S/C22H23F3N4O6S/c1-33-13-11-29(12-14-34-2)36(31,32)18-9-5-15(6-10-18)19(30)26-21-28-27-20(35-21)16-3-7-17(8-4-16)22(23,24)25/h3-10H,11-14H2,1-2H3,(H,26,28,30). The molecule has 1 aromatic heterocycles. The number of ether oxygens (including phenoxy) is 2. The van der Waals surface area contributed by atoms with Crippen molar-refractivity contribution < 1.29 is 40.3 Å². The number of carbonyl (C=O) groups is 1. The van der Waals surface area contributed by atoms with Crippen molar-refractivity contribution in [1.29, 1.82) is 0 Å². The SMILES string of the molecule is COCCN(CCOC)S(=O)(=O)c1ccc(C(=O)Nc2nnc(-c3ccc(C(F)(F)F)cc3)o2)cc1. The molecule has 2 aromatic carbocycles. The zero-order valence-electron chi connectivity index (χ0n) is 19.3. The zero-order chi connectivity index (χ0) is 26.3. The van der Waals surface area contributed by atoms with E-state index in [9.17, 15) is 26.4 Å². The van der Waals surface area contributed by atoms with E-state index in [4.69, 9.17) is 13.9 Å². The predicted molar refractivity (Wildman–Crippen MR) is 122 cm³/mol. The molecular weight excluding hydrogens is 505 g/mol. The molecule has 0 saturated carbocycles. The lowest BCUT2D eigenvalue weighted by Crippen LogP contribution is -2.36. The van der Waals surface area contributed by atoms with Crippen LogP contribution in [0.15, 0.2) is 57.8 Å². The number of rotatable bonds is 11. The lowest BCUT2D eigenvalue weighted by molar-refractivity contribution is -0.137. The van der Waals surface area contributed by atoms with Crippen LogP contribution in [0.25, 0.3) is 11.5 Å². The van der Waals surface area contributed by atoms with Crippen molar-refractivity contribution in [2.75, 3.05) is 45.8 Å². The molecule has 0 saturated heterocycles. The summed E-state index contributed by atoms with van der Waals surface area (Å²) in [6, 6.07) is 9.03. The van der Waals surface area contributed by atoms with Gasteiger partial charge in [0.25, 0.3) is 5.91 Å². The number of benzene rings is 2. The summed E-state index contributed by atoms with van der Waals surface area (Å²) in [7, 11) is -0.931. The molecule has 10 nitrogen and oxygen atoms in total. The van der Waals surface area contributed by atoms with E-state index in [1.54, 1.807) is 0 Å². The first-order chi connectivity index (χ1) is 17.1. The molecule has 14 heteroatoms. The first-order valence-corrected chi connectivity index (χ1v) is 11.9. The van der Waals surface area contributed by atoms with Crippen LogP contribution in [0.4, 0.5) is 19.2 Å². The average Bonchev–Trinajstić information content (AvgIpc) is 3.32. The third-order valence-corrected chi connectivity index (χ3v) is 6.86. The van der Waals surface area contributed by atoms with Crippen molar-refractivity contribution in [2.24, 2.45) is 0 Å². The summed E-state index contributed by atoms with van der Waals surface area (Å²) in [5.74, 6) is -0.745. The lowest BCUT2D eigenvalue weighted by Gasteiger charge is -2.21. The van der Waals surface area contributed by atoms with E-state index in [-0.39, 0.29) is 54.2 Å². The normalized spacial score (nSPS) is 12.2. The van der Waals surface area contributed by atoms with Gasteiger partial charge < -0.3 is 13.9 Å². The van der Waals surface area contributed by atoms with E-state index in [0.29, 0.717) is 0 Å². The molecule has 1 amide bonds. The molecule has 36 heavy (non-hydrogen) atoms. The highest BCUT2D eigenvalue weighted by atomic mass is 32.2. The van der Waals surface area contributed by atoms with Gasteiger partial charge in [0, 0.05) is 38.4 Å². The fraction of sp³-hybridized carbons (Fsp3) is 0.318. The molecule has 0 spiro atoms. The summed E-state index contributed by atoms with van der Waals surface area (Å²) in [4.78, 5) is 12.5. The number of methoxy groups -OCH3 is 2. The van der Waals surface area contributed by atoms with E-state index in [1.165, 1.54) is 54.9 Å². The third kappa shape index (κ3) is 6.66. The summed E-state index contributed by atoms with van der Waals surface area (Å²) in [5, 5.41) is 9.76. The number of sulfonamides is 1. The molecule has 3 aromatic rings. The van der Waals surface area contributed by atoms with E-state index >= 15 is 0 Å². The molecule has 0 bridgehead atoms. The van der Waals surface area contributed by atoms with Crippen LogP contribution < -0.4 is 5.32 Å². The Morgan fingerprint density at radius 1 is 0.972 bits per heavy atom. The van der Waals surface area contributed by atoms with E-state index in [0.717, 1.165) is 12.1 Å². The highest BCUT2D eigenvalue weighted by Crippen LogP contribution is 2.31. The number of nitrogens with zero attached hydrogens (tertiary/aromatic N) is 3. The van der Waals surface area contributed by atoms with Crippen LogP contribution in [0, 0.1) is 0 Å². The Bertz CT molecular complexity index is 1250. The molecule has 0 aliphatic carbocycles. The fourth-order valence-corrected chi connectivity index (χ4v) is 4.44. The summed E-state index contributed by atoms with van der Waals surface area (Å²) < 4.78 is 80.5. The van der Waals surface area contributed by atoms with Crippen LogP contribution in [0.5, 0.6) is 0 Å². The van der Waals surface area contributed by atoms with Crippen LogP contribution >= 0.6 is 0 Å². The zero-order valence-corrected chi connectivity index (χ0v) is 20.1. The van der Waals surface area contributed by atoms with Crippen molar-refractivity contribution in [3.63, 3.8) is 0 Å². The third-order valence-electron chi connectivity index (χ3n) is 4.95. The Labute approximate surface area is 205 Å². The molecule has 1 heterocycles. The fourth-order valence-electron chi connectivity index (χ4n) is 3.03. The molecule has 0 aliphatic heterocycles. The molecule has 194 valence electrons. The number of halogens is 3. The van der Waals surface area contributed by atoms with Gasteiger partial charge in [-0.1, -0.05) is 5.10 Å². The topological polar surface area (TPSA) is 124 Å². The summed E-state index contributed by atoms with van der Waals surface area (Å²) in [6.07, 6.45) is -4.48. The summed E-state index contributed by atoms with van der Waals surface area (Å²) in [5.41, 5.74) is -0.481. The Kier molecular flexibility index (Phi) is 8.79. The van der Waals surface area contributed by atoms with Gasteiger partial charge in [-0.25, -0.2) is 8.42 Å². The quantitative estimate of drug-likeness (QED) is 0.402. The van der Waals surface area contributed by atoms with Crippen molar-refractivity contribution in [3.05, 3.63) is 59.7 Å². The van der Waals surface area contributed by atoms with Crippen LogP contribution in [0.2, 0.25) is 0 Å². The molecule has 0 fully saturated rings. The number of nitrogens with one attached hydrogen (secondary N) is 1. The van der Waals surface area contributed by atoms with E-state index < -0.39 is 27.7 Å². The monoisotopic (exact) mass is 528 g/mol. The van der Waals surface area contributed by atoms with Crippen LogP contribution in [0.3, 0.4) is 0 Å². The average molecular weight is 529 g/mol. The number of carbonyl (C=O) groups excluding carboxylic acids is 1. The van der Waals surface area contributed by atoms with E-state index in [2.05, 4.69) is 15.5 Å². The van der Waals surface area contributed by atoms with Gasteiger partial charge in [-0.3, -0.25) is 10.1 Å². The Morgan fingerprint density at radius 2 is 1.56 bits per heavy atom. The predicted octanol–water partition coefficient (Wildman–Crippen LogP) is 3.29. The number of anilines is 1. The van der Waals surface area contributed by atoms with Gasteiger partial charge in [0.1, 0.15) is 0 Å². The number of alkyl halides is 3. The molecule has 1 N–H and O–H groups in total. The Morgan fingerprint density at radius 3 is 2.08 bits per heavy atom. The minimum atomic E-state index is -4.48. The van der Waals surface area contributed by atoms with Crippen LogP contribution in [-0.2, 0) is 25.7 Å². The van der Waals surface area contributed by atoms with Gasteiger partial charge in [-0.05, 0) is 48.5 Å². The number of hydrogen-bond donors (Lipinski definition) is 1. The number of amides is 1. The maximum absolute atomic E-state index is 12.9. The molecule has 0 atom stereocenters. The van der Waals surface area contributed by atoms with Gasteiger partial charge in [0.2, 0.25) is 15.9 Å². The molecule has 0 aliphatic rings. The van der Waals surface area contributed by atoms with Gasteiger partial charge >= 0.3 is 12.2 Å². The minimum absolute atomic E-state index is 0.0198. The second kappa shape index (κ2) is 11.6. The van der Waals surface area contributed by atoms with Crippen molar-refractivity contribution in [1.82, 2.24) is 14.5 Å².